The number of halogens is 6. The number of hydrogen-bond donors (Lipinski definition) is 15. The Balaban J connectivity index is 0.000000130. The highest BCUT2D eigenvalue weighted by Crippen LogP contribution is 2.61. The van der Waals surface area contributed by atoms with Crippen LogP contribution in [0.1, 0.15) is 37.4 Å². The van der Waals surface area contributed by atoms with E-state index in [9.17, 15) is 57.8 Å². The zero-order valence-corrected chi connectivity index (χ0v) is 76.2. The lowest BCUT2D eigenvalue weighted by atomic mass is 10.1. The van der Waals surface area contributed by atoms with Gasteiger partial charge in [0, 0.05) is 0 Å². The van der Waals surface area contributed by atoms with Gasteiger partial charge in [-0.05, 0) is 59.0 Å². The van der Waals surface area contributed by atoms with Crippen LogP contribution in [0.25, 0.3) is 67.0 Å². The summed E-state index contributed by atoms with van der Waals surface area (Å²) in [6.45, 7) is -31.0. The van der Waals surface area contributed by atoms with Crippen LogP contribution in [0, 0.1) is 0 Å². The first kappa shape index (κ1) is 95.6. The van der Waals surface area contributed by atoms with Gasteiger partial charge >= 0.3 is 40.4 Å². The van der Waals surface area contributed by atoms with E-state index < -0.39 is 261 Å². The normalized spacial score (nSPS) is 37.7. The number of ether oxygens (including phenoxy) is 6. The molecule has 80 heteroatoms. The van der Waals surface area contributed by atoms with Crippen molar-refractivity contribution in [1.82, 2.24) is 144 Å². The SMILES string of the molecule is Nc1nc2c(nnn2[C@@H]2O[C@@H]3COP(O)(=S)O[C@H]4[C@H](F)[C@H](n5cnc6c(=O)[nH]cnc65)O[C@@H]4COP(=O)(S)O[C@@H]2[C@@H]3F)c(=O)[nH]1.Nc1nc2c(nnn2[C@@H]2O[C@@H]3COP(O)(=S)O[C@H]4[C@H](F)[C@H](n5nnc6c(=O)[nH]cnc65)O[C@@H]4COP(O)(=S)O[C@@H]2[C@@H]3F)c(=O)[nH]1.Nc1nc2c(nnn2[C@@H]2O[C@@H]3COP(O)(=S)O[C@H]4[C@H](F)[C@H](n5nnc6c(=O)[nH]cnc65)O[C@@H]4COP(O)(=S)O[C@@H]2[C@@H]3F)c(=O)[nH]1. The summed E-state index contributed by atoms with van der Waals surface area (Å²) >= 11 is 29.4. The third-order valence-electron chi connectivity index (χ3n) is 21.0. The summed E-state index contributed by atoms with van der Waals surface area (Å²) in [6, 6.07) is 0. The molecule has 9 fully saturated rings. The van der Waals surface area contributed by atoms with Gasteiger partial charge < -0.3 is 108 Å². The zero-order valence-electron chi connectivity index (χ0n) is 65.8. The van der Waals surface area contributed by atoms with E-state index in [0.29, 0.717) is 0 Å². The van der Waals surface area contributed by atoms with Crippen molar-refractivity contribution in [2.24, 2.45) is 0 Å². The van der Waals surface area contributed by atoms with Crippen LogP contribution in [0.3, 0.4) is 0 Å². The highest BCUT2D eigenvalue weighted by atomic mass is 32.7. The topological polar surface area (TPSA) is 808 Å². The molecule has 0 spiro atoms. The molecule has 62 nitrogen and oxygen atoms in total. The summed E-state index contributed by atoms with van der Waals surface area (Å²) in [5, 5.41) is 37.5. The highest BCUT2D eigenvalue weighted by molar-refractivity contribution is 8.44. The van der Waals surface area contributed by atoms with E-state index in [4.69, 9.17) is 159 Å². The maximum atomic E-state index is 15.9. The number of nitrogen functional groups attached to an aromatic ring is 3. The van der Waals surface area contributed by atoms with Crippen LogP contribution < -0.4 is 50.6 Å². The Labute approximate surface area is 766 Å². The Morgan fingerprint density at radius 3 is 0.956 bits per heavy atom. The fourth-order valence-electron chi connectivity index (χ4n) is 15.0. The second-order valence-electron chi connectivity index (χ2n) is 29.5. The van der Waals surface area contributed by atoms with Crippen molar-refractivity contribution in [2.45, 2.75) is 148 Å². The fourth-order valence-corrected chi connectivity index (χ4v) is 23.6. The number of nitrogens with one attached hydrogen (secondary N) is 6. The molecule has 0 aliphatic carbocycles. The van der Waals surface area contributed by atoms with Gasteiger partial charge in [0.1, 0.15) is 73.2 Å². The second kappa shape index (κ2) is 36.4. The van der Waals surface area contributed by atoms with E-state index in [-0.39, 0.29) is 84.8 Å². The predicted molar refractivity (Wildman–Crippen MR) is 448 cm³/mol. The number of rotatable bonds is 6. The van der Waals surface area contributed by atoms with Crippen LogP contribution in [0.2, 0.25) is 0 Å². The number of H-pyrrole nitrogens is 6. The first-order valence-corrected chi connectivity index (χ1v) is 53.6. The molecule has 726 valence electrons. The van der Waals surface area contributed by atoms with E-state index in [1.54, 1.807) is 0 Å². The van der Waals surface area contributed by atoms with Crippen molar-refractivity contribution in [3.63, 3.8) is 0 Å². The molecular weight excluding hydrogens is 2080 g/mol. The summed E-state index contributed by atoms with van der Waals surface area (Å²) in [5.41, 5.74) is 10.5. The molecule has 0 radical (unpaired) electrons. The van der Waals surface area contributed by atoms with Crippen LogP contribution >= 0.6 is 52.6 Å². The number of nitrogens with zero attached hydrogens (tertiary/aromatic N) is 23. The van der Waals surface area contributed by atoms with Gasteiger partial charge in [-0.2, -0.15) is 38.4 Å². The lowest BCUT2D eigenvalue weighted by Crippen LogP contribution is -2.34. The summed E-state index contributed by atoms with van der Waals surface area (Å²) in [4.78, 5) is 169. The monoisotopic (exact) mass is 2140 g/mol. The minimum absolute atomic E-state index is 0.0309. The Morgan fingerprint density at radius 1 is 0.341 bits per heavy atom. The molecule has 135 heavy (non-hydrogen) atoms. The van der Waals surface area contributed by atoms with E-state index in [2.05, 4.69) is 129 Å². The summed E-state index contributed by atoms with van der Waals surface area (Å²) in [6.07, 6.45) is -37.6. The van der Waals surface area contributed by atoms with Gasteiger partial charge in [0.05, 0.1) is 65.0 Å². The second-order valence-corrected chi connectivity index (χ2v) is 46.3. The van der Waals surface area contributed by atoms with Crippen molar-refractivity contribution in [1.29, 1.82) is 0 Å². The van der Waals surface area contributed by atoms with Gasteiger partial charge in [0.25, 0.3) is 33.4 Å². The number of aromatic nitrogens is 29. The predicted octanol–water partition coefficient (Wildman–Crippen LogP) is -3.53. The number of thiol groups is 1. The van der Waals surface area contributed by atoms with Crippen LogP contribution in [0.15, 0.2) is 54.1 Å². The summed E-state index contributed by atoms with van der Waals surface area (Å²) in [5.74, 6) is -0.930. The van der Waals surface area contributed by atoms with E-state index in [0.717, 1.165) is 53.3 Å². The molecule has 0 saturated carbocycles. The first-order valence-electron chi connectivity index (χ1n) is 38.0. The number of nitrogens with two attached hydrogens (primary N) is 3. The Morgan fingerprint density at radius 2 is 0.607 bits per heavy atom. The standard InChI is InChI=1S/C19H20F2N10O10P2S2.2C18H19F2N11O10P2S2/c20-7-5-1-36-42(34,44)40-11-6(39-17(8(11)21)30-4-25-9-13(30)23-3-24-15(9)32)2-37-43(35,45)41-12(7)18(38-5)31-14-10(28-29-31)16(33)27-19(22)26-14;2*19-6-4-1-36-42(34,44)40-10-5(39-16(7(10)20)30-12-8(26-28-30)14(32)23-3-22-12)2-37-43(35,45)41-11(6)17(38-4)31-13-9(27-29-31)15(33)25-18(21)24-13/h3-8,11-12,17-18H,1-2H2,(H,34,44)(H,35,45)(H,23,24,32)(H3,22,26,27,33);2*3-7,10-11,16-17H,1-2H2,(H,34,44)(H,35,45)(H,22,23,32)(H3,21,24,25,33)/t5-,6-,7-,8+,11-,12-,17-,18-,42?,43?;2*4-,5-,6-,7+,10-,11-,16-,17-,42?,43?/m111/s1. The molecule has 21 heterocycles. The molecule has 12 aromatic rings. The minimum Gasteiger partial charge on any atom is -0.369 e. The molecule has 30 atom stereocenters. The molecule has 0 aromatic carbocycles. The lowest BCUT2D eigenvalue weighted by Gasteiger charge is -2.27. The van der Waals surface area contributed by atoms with Gasteiger partial charge in [-0.3, -0.25) is 80.0 Å². The quantitative estimate of drug-likeness (QED) is 0.0436. The molecule has 6 bridgehead atoms. The van der Waals surface area contributed by atoms with Crippen molar-refractivity contribution in [2.75, 3.05) is 56.8 Å². The highest BCUT2D eigenvalue weighted by Gasteiger charge is 2.60. The molecule has 9 saturated heterocycles. The first-order chi connectivity index (χ1) is 63.9. The molecule has 12 aromatic heterocycles. The number of anilines is 3. The van der Waals surface area contributed by atoms with Crippen LogP contribution in [0.5, 0.6) is 0 Å². The van der Waals surface area contributed by atoms with Crippen LogP contribution in [-0.2, 0) is 146 Å². The van der Waals surface area contributed by atoms with E-state index >= 15 is 26.3 Å². The molecular formula is C55H58F6N32O30P6S6. The van der Waals surface area contributed by atoms with Gasteiger partial charge in [-0.15, -0.1) is 25.5 Å². The average Bonchev–Trinajstić information content (AvgIpc) is 1.63. The zero-order chi connectivity index (χ0) is 95.5. The van der Waals surface area contributed by atoms with E-state index in [1.165, 1.54) is 0 Å². The Bertz CT molecular complexity index is 6710. The van der Waals surface area contributed by atoms with Crippen LogP contribution in [0.4, 0.5) is 44.2 Å². The maximum absolute atomic E-state index is 15.9. The van der Waals surface area contributed by atoms with Crippen molar-refractivity contribution < 1.29 is 138 Å². The Hall–Kier alpha value is -8.36. The lowest BCUT2D eigenvalue weighted by molar-refractivity contribution is -0.0652. The number of fused-ring (bicyclic) bond motifs is 15. The number of alkyl halides is 6. The van der Waals surface area contributed by atoms with Gasteiger partial charge in [-0.25, -0.2) is 50.8 Å². The Kier molecular flexibility index (Phi) is 25.7. The molecule has 9 aliphatic rings. The third kappa shape index (κ3) is 18.6. The summed E-state index contributed by atoms with van der Waals surface area (Å²) in [7, 11) is 0. The van der Waals surface area contributed by atoms with E-state index in [1.807, 2.05) is 0 Å². The van der Waals surface area contributed by atoms with Crippen LogP contribution in [-0.4, -0.2) is 319 Å². The largest absolute Gasteiger partial charge is 0.386 e. The van der Waals surface area contributed by atoms with Gasteiger partial charge in [-0.1, -0.05) is 38.3 Å². The average molecular weight is 2140 g/mol. The number of imidazole rings is 1. The van der Waals surface area contributed by atoms with Gasteiger partial charge in [0.15, 0.2) is 141 Å². The maximum Gasteiger partial charge on any atom is 0.386 e. The van der Waals surface area contributed by atoms with Gasteiger partial charge in [0.2, 0.25) is 17.8 Å². The molecule has 9 aliphatic heterocycles. The fraction of sp³-hybridized carbons (Fsp3) is 0.545. The summed E-state index contributed by atoms with van der Waals surface area (Å²) < 4.78 is 214. The smallest absolute Gasteiger partial charge is 0.369 e. The van der Waals surface area contributed by atoms with Crippen molar-refractivity contribution in [3.05, 3.63) is 87.4 Å². The molecule has 0 amide bonds. The number of hydrogen-bond acceptors (Lipinski definition) is 50. The minimum atomic E-state index is -4.54. The third-order valence-corrected chi connectivity index (χ3v) is 30.4. The number of aromatic amines is 6. The van der Waals surface area contributed by atoms with Crippen molar-refractivity contribution in [3.8, 4) is 0 Å². The van der Waals surface area contributed by atoms with Crippen molar-refractivity contribution >= 4 is 197 Å². The molecule has 6 unspecified atom stereocenters. The molecule has 17 N–H and O–H groups in total. The molecule has 21 rings (SSSR count).